The molecule has 1 heterocycles. The molecule has 0 unspecified atom stereocenters. The summed E-state index contributed by atoms with van der Waals surface area (Å²) in [6.45, 7) is 4.85. The van der Waals surface area contributed by atoms with Crippen LogP contribution in [0.3, 0.4) is 0 Å². The molecule has 1 aliphatic heterocycles. The molecule has 2 aromatic carbocycles. The number of benzene rings is 2. The summed E-state index contributed by atoms with van der Waals surface area (Å²) in [6.07, 6.45) is 0. The quantitative estimate of drug-likeness (QED) is 0.924. The normalized spacial score (nSPS) is 14.2. The lowest BCUT2D eigenvalue weighted by Crippen LogP contribution is -2.50. The third-order valence-corrected chi connectivity index (χ3v) is 4.18. The molecule has 5 heteroatoms. The van der Waals surface area contributed by atoms with Crippen molar-refractivity contribution in [3.05, 3.63) is 59.7 Å². The molecule has 2 aromatic rings. The van der Waals surface area contributed by atoms with Crippen LogP contribution in [-0.4, -0.2) is 37.1 Å². The first-order chi connectivity index (χ1) is 11.7. The largest absolute Gasteiger partial charge is 0.368 e. The summed E-state index contributed by atoms with van der Waals surface area (Å²) in [7, 11) is 0. The zero-order chi connectivity index (χ0) is 16.9. The number of amides is 2. The van der Waals surface area contributed by atoms with Gasteiger partial charge in [-0.1, -0.05) is 18.2 Å². The Hall–Kier alpha value is -3.00. The van der Waals surface area contributed by atoms with Gasteiger partial charge in [-0.05, 0) is 42.8 Å². The maximum atomic E-state index is 12.4. The highest BCUT2D eigenvalue weighted by Gasteiger charge is 2.21. The summed E-state index contributed by atoms with van der Waals surface area (Å²) in [5, 5.41) is 12.0. The van der Waals surface area contributed by atoms with Crippen molar-refractivity contribution in [2.24, 2.45) is 0 Å². The van der Waals surface area contributed by atoms with Gasteiger partial charge in [0.25, 0.3) is 0 Å². The number of rotatable bonds is 2. The average Bonchev–Trinajstić information content (AvgIpc) is 2.62. The predicted molar refractivity (Wildman–Crippen MR) is 95.1 cm³/mol. The molecule has 122 valence electrons. The maximum Gasteiger partial charge on any atom is 0.321 e. The van der Waals surface area contributed by atoms with Crippen molar-refractivity contribution >= 4 is 17.4 Å². The number of nitrogens with zero attached hydrogens (tertiary/aromatic N) is 3. The Morgan fingerprint density at radius 3 is 2.54 bits per heavy atom. The highest BCUT2D eigenvalue weighted by atomic mass is 16.2. The number of urea groups is 1. The van der Waals surface area contributed by atoms with Gasteiger partial charge in [0.15, 0.2) is 0 Å². The van der Waals surface area contributed by atoms with Crippen molar-refractivity contribution in [2.45, 2.75) is 6.92 Å². The predicted octanol–water partition coefficient (Wildman–Crippen LogP) is 3.22. The van der Waals surface area contributed by atoms with E-state index in [9.17, 15) is 4.79 Å². The van der Waals surface area contributed by atoms with Gasteiger partial charge in [0, 0.05) is 37.6 Å². The van der Waals surface area contributed by atoms with E-state index in [0.29, 0.717) is 18.7 Å². The second kappa shape index (κ2) is 7.05. The van der Waals surface area contributed by atoms with Crippen LogP contribution in [0, 0.1) is 18.3 Å². The Labute approximate surface area is 142 Å². The molecule has 0 radical (unpaired) electrons. The number of anilines is 2. The number of carbonyl (C=O) groups excluding carboxylic acids is 1. The molecule has 5 nitrogen and oxygen atoms in total. The maximum absolute atomic E-state index is 12.4. The lowest BCUT2D eigenvalue weighted by Gasteiger charge is -2.36. The fourth-order valence-corrected chi connectivity index (χ4v) is 2.87. The summed E-state index contributed by atoms with van der Waals surface area (Å²) in [5.74, 6) is 0. The van der Waals surface area contributed by atoms with Crippen molar-refractivity contribution in [3.63, 3.8) is 0 Å². The van der Waals surface area contributed by atoms with Crippen molar-refractivity contribution in [1.29, 1.82) is 5.26 Å². The van der Waals surface area contributed by atoms with Gasteiger partial charge in [-0.3, -0.25) is 0 Å². The van der Waals surface area contributed by atoms with Crippen LogP contribution in [0.2, 0.25) is 0 Å². The molecule has 0 saturated carbocycles. The lowest BCUT2D eigenvalue weighted by molar-refractivity contribution is 0.208. The topological polar surface area (TPSA) is 59.4 Å². The van der Waals surface area contributed by atoms with Gasteiger partial charge in [0.1, 0.15) is 0 Å². The van der Waals surface area contributed by atoms with Crippen molar-refractivity contribution < 1.29 is 4.79 Å². The molecule has 1 fully saturated rings. The Bertz CT molecular complexity index is 773. The van der Waals surface area contributed by atoms with Gasteiger partial charge in [0.05, 0.1) is 11.6 Å². The third kappa shape index (κ3) is 3.66. The minimum absolute atomic E-state index is 0.0639. The highest BCUT2D eigenvalue weighted by Crippen LogP contribution is 2.18. The van der Waals surface area contributed by atoms with Crippen molar-refractivity contribution in [2.75, 3.05) is 36.4 Å². The number of carbonyl (C=O) groups is 1. The van der Waals surface area contributed by atoms with Crippen molar-refractivity contribution in [3.8, 4) is 6.07 Å². The van der Waals surface area contributed by atoms with E-state index in [1.807, 2.05) is 54.3 Å². The van der Waals surface area contributed by atoms with Gasteiger partial charge < -0.3 is 15.1 Å². The number of nitrogens with one attached hydrogen (secondary N) is 1. The van der Waals surface area contributed by atoms with E-state index in [1.165, 1.54) is 0 Å². The first-order valence-corrected chi connectivity index (χ1v) is 8.03. The van der Waals surface area contributed by atoms with Crippen LogP contribution < -0.4 is 10.2 Å². The van der Waals surface area contributed by atoms with E-state index in [4.69, 9.17) is 5.26 Å². The number of aryl methyl sites for hydroxylation is 1. The molecule has 1 saturated heterocycles. The number of piperazine rings is 1. The Morgan fingerprint density at radius 2 is 1.83 bits per heavy atom. The summed E-state index contributed by atoms with van der Waals surface area (Å²) < 4.78 is 0. The number of hydrogen-bond donors (Lipinski definition) is 1. The van der Waals surface area contributed by atoms with Crippen molar-refractivity contribution in [1.82, 2.24) is 4.90 Å². The van der Waals surface area contributed by atoms with E-state index in [2.05, 4.69) is 16.3 Å². The Kier molecular flexibility index (Phi) is 4.66. The average molecular weight is 320 g/mol. The van der Waals surface area contributed by atoms with Crippen LogP contribution in [0.5, 0.6) is 0 Å². The number of nitriles is 1. The molecule has 24 heavy (non-hydrogen) atoms. The second-order valence-corrected chi connectivity index (χ2v) is 5.94. The zero-order valence-electron chi connectivity index (χ0n) is 13.7. The molecule has 0 bridgehead atoms. The van der Waals surface area contributed by atoms with E-state index in [-0.39, 0.29) is 6.03 Å². The van der Waals surface area contributed by atoms with Crippen LogP contribution >= 0.6 is 0 Å². The lowest BCUT2D eigenvalue weighted by atomic mass is 10.2. The molecule has 1 aliphatic rings. The van der Waals surface area contributed by atoms with Gasteiger partial charge in [-0.25, -0.2) is 4.79 Å². The van der Waals surface area contributed by atoms with Crippen LogP contribution in [0.4, 0.5) is 16.2 Å². The molecule has 2 amide bonds. The smallest absolute Gasteiger partial charge is 0.321 e. The Morgan fingerprint density at radius 1 is 1.08 bits per heavy atom. The summed E-state index contributed by atoms with van der Waals surface area (Å²) in [5.41, 5.74) is 3.64. The van der Waals surface area contributed by atoms with E-state index >= 15 is 0 Å². The van der Waals surface area contributed by atoms with Gasteiger partial charge in [-0.2, -0.15) is 5.26 Å². The van der Waals surface area contributed by atoms with E-state index < -0.39 is 0 Å². The molecule has 1 N–H and O–H groups in total. The van der Waals surface area contributed by atoms with Crippen LogP contribution in [0.15, 0.2) is 48.5 Å². The van der Waals surface area contributed by atoms with Crippen LogP contribution in [0.25, 0.3) is 0 Å². The Balaban J connectivity index is 1.58. The minimum atomic E-state index is -0.0639. The van der Waals surface area contributed by atoms with Crippen LogP contribution in [0.1, 0.15) is 11.1 Å². The molecule has 0 aliphatic carbocycles. The molecule has 0 aromatic heterocycles. The second-order valence-electron chi connectivity index (χ2n) is 5.94. The van der Waals surface area contributed by atoms with E-state index in [1.54, 1.807) is 6.07 Å². The fraction of sp³-hybridized carbons (Fsp3) is 0.263. The third-order valence-electron chi connectivity index (χ3n) is 4.18. The molecular formula is C19H20N4O. The first-order valence-electron chi connectivity index (χ1n) is 8.03. The zero-order valence-corrected chi connectivity index (χ0v) is 13.7. The highest BCUT2D eigenvalue weighted by molar-refractivity contribution is 5.89. The minimum Gasteiger partial charge on any atom is -0.368 e. The molecule has 0 atom stereocenters. The first kappa shape index (κ1) is 15.9. The molecule has 0 spiro atoms. The molecule has 3 rings (SSSR count). The van der Waals surface area contributed by atoms with E-state index in [0.717, 1.165) is 30.0 Å². The SMILES string of the molecule is Cc1cccc(NC(=O)N2CCN(c3cccc(C#N)c3)CC2)c1. The summed E-state index contributed by atoms with van der Waals surface area (Å²) >= 11 is 0. The van der Waals surface area contributed by atoms with Gasteiger partial charge in [-0.15, -0.1) is 0 Å². The van der Waals surface area contributed by atoms with Gasteiger partial charge >= 0.3 is 6.03 Å². The summed E-state index contributed by atoms with van der Waals surface area (Å²) in [6, 6.07) is 17.5. The standard InChI is InChI=1S/C19H20N4O/c1-15-4-2-6-17(12-15)21-19(24)23-10-8-22(9-11-23)18-7-3-5-16(13-18)14-20/h2-7,12-13H,8-11H2,1H3,(H,21,24). The monoisotopic (exact) mass is 320 g/mol. The van der Waals surface area contributed by atoms with Gasteiger partial charge in [0.2, 0.25) is 0 Å². The number of hydrogen-bond acceptors (Lipinski definition) is 3. The molecular weight excluding hydrogens is 300 g/mol. The van der Waals surface area contributed by atoms with Crippen LogP contribution in [-0.2, 0) is 0 Å². The summed E-state index contributed by atoms with van der Waals surface area (Å²) in [4.78, 5) is 16.4. The fourth-order valence-electron chi connectivity index (χ4n) is 2.87.